The zero-order valence-electron chi connectivity index (χ0n) is 18.2. The van der Waals surface area contributed by atoms with Crippen LogP contribution in [-0.4, -0.2) is 47.3 Å². The summed E-state index contributed by atoms with van der Waals surface area (Å²) in [5.74, 6) is 1.94. The summed E-state index contributed by atoms with van der Waals surface area (Å²) in [4.78, 5) is 8.81. The lowest BCUT2D eigenvalue weighted by atomic mass is 10.1. The molecule has 0 spiro atoms. The minimum Gasteiger partial charge on any atom is -0.336 e. The fraction of sp³-hybridized carbons (Fsp3) is 0.435. The highest BCUT2D eigenvalue weighted by Crippen LogP contribution is 2.28. The number of thioether (sulfide) groups is 1. The molecule has 1 heterocycles. The van der Waals surface area contributed by atoms with Gasteiger partial charge in [0.2, 0.25) is 5.96 Å². The molecule has 0 saturated heterocycles. The van der Waals surface area contributed by atoms with Gasteiger partial charge in [0.05, 0.1) is 5.69 Å². The number of fused-ring (bicyclic) bond motifs is 1. The lowest BCUT2D eigenvalue weighted by Gasteiger charge is -2.33. The molecule has 0 atom stereocenters. The van der Waals surface area contributed by atoms with Crippen LogP contribution in [0.2, 0.25) is 0 Å². The number of guanidine groups is 1. The second kappa shape index (κ2) is 9.20. The Labute approximate surface area is 179 Å². The van der Waals surface area contributed by atoms with Crippen molar-refractivity contribution >= 4 is 23.4 Å². The highest BCUT2D eigenvalue weighted by Gasteiger charge is 2.22. The number of nitrogens with zero attached hydrogens (tertiary/aromatic N) is 3. The zero-order valence-corrected chi connectivity index (χ0v) is 19.0. The number of nitrogens with one attached hydrogen (secondary N) is 1. The van der Waals surface area contributed by atoms with Crippen molar-refractivity contribution in [2.24, 2.45) is 10.7 Å². The molecule has 0 fully saturated rings. The van der Waals surface area contributed by atoms with E-state index in [1.165, 1.54) is 21.6 Å². The highest BCUT2D eigenvalue weighted by molar-refractivity contribution is 7.99. The summed E-state index contributed by atoms with van der Waals surface area (Å²) in [5, 5.41) is 2.02. The SMILES string of the molecule is Cc1ccc(N=C(N2CCSc3ccccc3C2)N(C)NCC(C)(C)N)c(C)c1. The van der Waals surface area contributed by atoms with Crippen LogP contribution in [0, 0.1) is 13.8 Å². The van der Waals surface area contributed by atoms with Gasteiger partial charge in [-0.1, -0.05) is 35.9 Å². The van der Waals surface area contributed by atoms with E-state index in [1.807, 2.05) is 37.7 Å². The van der Waals surface area contributed by atoms with Crippen LogP contribution in [0.5, 0.6) is 0 Å². The first-order valence-electron chi connectivity index (χ1n) is 10.1. The van der Waals surface area contributed by atoms with Crippen molar-refractivity contribution in [1.29, 1.82) is 0 Å². The van der Waals surface area contributed by atoms with Gasteiger partial charge in [-0.3, -0.25) is 5.01 Å². The van der Waals surface area contributed by atoms with Crippen LogP contribution in [0.15, 0.2) is 52.4 Å². The molecular formula is C23H33N5S. The Morgan fingerprint density at radius 1 is 1.24 bits per heavy atom. The van der Waals surface area contributed by atoms with E-state index in [1.54, 1.807) is 0 Å². The van der Waals surface area contributed by atoms with Gasteiger partial charge < -0.3 is 10.6 Å². The van der Waals surface area contributed by atoms with Crippen molar-refractivity contribution in [3.05, 3.63) is 59.2 Å². The second-order valence-electron chi connectivity index (χ2n) is 8.46. The molecule has 0 aromatic heterocycles. The van der Waals surface area contributed by atoms with Crippen LogP contribution < -0.4 is 11.2 Å². The van der Waals surface area contributed by atoms with Gasteiger partial charge in [-0.05, 0) is 51.0 Å². The molecule has 2 aromatic rings. The van der Waals surface area contributed by atoms with Crippen molar-refractivity contribution < 1.29 is 0 Å². The minimum atomic E-state index is -0.305. The number of nitrogens with two attached hydrogens (primary N) is 1. The molecule has 0 aliphatic carbocycles. The molecule has 5 nitrogen and oxygen atoms in total. The molecule has 3 rings (SSSR count). The lowest BCUT2D eigenvalue weighted by molar-refractivity contribution is 0.268. The van der Waals surface area contributed by atoms with Crippen molar-refractivity contribution in [2.45, 2.75) is 44.7 Å². The third-order valence-corrected chi connectivity index (χ3v) is 5.98. The van der Waals surface area contributed by atoms with E-state index in [4.69, 9.17) is 10.7 Å². The van der Waals surface area contributed by atoms with Crippen molar-refractivity contribution in [2.75, 3.05) is 25.9 Å². The fourth-order valence-corrected chi connectivity index (χ4v) is 4.31. The molecule has 6 heteroatoms. The number of hydrogen-bond donors (Lipinski definition) is 2. The van der Waals surface area contributed by atoms with Gasteiger partial charge >= 0.3 is 0 Å². The Kier molecular flexibility index (Phi) is 6.88. The first-order valence-corrected chi connectivity index (χ1v) is 11.1. The van der Waals surface area contributed by atoms with E-state index in [9.17, 15) is 0 Å². The van der Waals surface area contributed by atoms with E-state index >= 15 is 0 Å². The van der Waals surface area contributed by atoms with Crippen LogP contribution in [0.1, 0.15) is 30.5 Å². The van der Waals surface area contributed by atoms with Crippen molar-refractivity contribution in [3.63, 3.8) is 0 Å². The molecule has 0 bridgehead atoms. The first kappa shape index (κ1) is 21.7. The maximum absolute atomic E-state index is 6.20. The van der Waals surface area contributed by atoms with E-state index in [-0.39, 0.29) is 5.54 Å². The normalized spacial score (nSPS) is 15.1. The maximum atomic E-state index is 6.20. The van der Waals surface area contributed by atoms with E-state index in [0.29, 0.717) is 6.54 Å². The van der Waals surface area contributed by atoms with Gasteiger partial charge in [-0.15, -0.1) is 11.8 Å². The first-order chi connectivity index (χ1) is 13.7. The Bertz CT molecular complexity index is 872. The molecule has 2 aromatic carbocycles. The summed E-state index contributed by atoms with van der Waals surface area (Å²) in [6.45, 7) is 10.7. The van der Waals surface area contributed by atoms with Crippen LogP contribution >= 0.6 is 11.8 Å². The average Bonchev–Trinajstić information content (AvgIpc) is 2.87. The van der Waals surface area contributed by atoms with Gasteiger partial charge in [-0.25, -0.2) is 10.4 Å². The molecular weight excluding hydrogens is 378 g/mol. The van der Waals surface area contributed by atoms with Crippen LogP contribution in [0.4, 0.5) is 5.69 Å². The molecule has 29 heavy (non-hydrogen) atoms. The third-order valence-electron chi connectivity index (χ3n) is 4.88. The summed E-state index contributed by atoms with van der Waals surface area (Å²) in [6.07, 6.45) is 0. The number of benzene rings is 2. The van der Waals surface area contributed by atoms with Crippen LogP contribution in [-0.2, 0) is 6.54 Å². The molecule has 1 aliphatic rings. The van der Waals surface area contributed by atoms with Gasteiger partial charge in [0, 0.05) is 42.9 Å². The summed E-state index contributed by atoms with van der Waals surface area (Å²) in [6, 6.07) is 15.1. The smallest absolute Gasteiger partial charge is 0.216 e. The average molecular weight is 412 g/mol. The van der Waals surface area contributed by atoms with Gasteiger partial charge in [0.15, 0.2) is 0 Å². The zero-order chi connectivity index (χ0) is 21.0. The number of hydrazine groups is 1. The van der Waals surface area contributed by atoms with Crippen LogP contribution in [0.3, 0.4) is 0 Å². The predicted octanol–water partition coefficient (Wildman–Crippen LogP) is 4.07. The fourth-order valence-electron chi connectivity index (χ4n) is 3.29. The standard InChI is InChI=1S/C23H33N5S/c1-17-10-11-20(18(2)14-17)26-22(27(5)25-16-23(3,4)24)28-12-13-29-21-9-7-6-8-19(21)15-28/h6-11,14,25H,12-13,15-16,24H2,1-5H3. The number of rotatable bonds is 4. The Morgan fingerprint density at radius 3 is 2.72 bits per heavy atom. The molecule has 0 unspecified atom stereocenters. The predicted molar refractivity (Wildman–Crippen MR) is 125 cm³/mol. The largest absolute Gasteiger partial charge is 0.336 e. The lowest BCUT2D eigenvalue weighted by Crippen LogP contribution is -2.54. The molecule has 3 N–H and O–H groups in total. The molecule has 0 amide bonds. The summed E-state index contributed by atoms with van der Waals surface area (Å²) < 4.78 is 0. The molecule has 156 valence electrons. The topological polar surface area (TPSA) is 56.9 Å². The summed E-state index contributed by atoms with van der Waals surface area (Å²) in [5.41, 5.74) is 14.1. The minimum absolute atomic E-state index is 0.305. The Hall–Kier alpha value is -2.02. The number of hydrogen-bond acceptors (Lipinski definition) is 4. The van der Waals surface area contributed by atoms with E-state index < -0.39 is 0 Å². The van der Waals surface area contributed by atoms with Crippen LogP contribution in [0.25, 0.3) is 0 Å². The number of aryl methyl sites for hydroxylation is 2. The van der Waals surface area contributed by atoms with Crippen molar-refractivity contribution in [3.8, 4) is 0 Å². The van der Waals surface area contributed by atoms with Gasteiger partial charge in [0.25, 0.3) is 0 Å². The third kappa shape index (κ3) is 5.98. The van der Waals surface area contributed by atoms with E-state index in [2.05, 4.69) is 66.6 Å². The van der Waals surface area contributed by atoms with Crippen molar-refractivity contribution in [1.82, 2.24) is 15.3 Å². The summed E-state index contributed by atoms with van der Waals surface area (Å²) in [7, 11) is 2.03. The monoisotopic (exact) mass is 411 g/mol. The van der Waals surface area contributed by atoms with E-state index in [0.717, 1.165) is 30.5 Å². The molecule has 1 aliphatic heterocycles. The number of aliphatic imine (C=N–C) groups is 1. The summed E-state index contributed by atoms with van der Waals surface area (Å²) >= 11 is 1.92. The van der Waals surface area contributed by atoms with Gasteiger partial charge in [0.1, 0.15) is 0 Å². The second-order valence-corrected chi connectivity index (χ2v) is 9.60. The van der Waals surface area contributed by atoms with Gasteiger partial charge in [-0.2, -0.15) is 0 Å². The maximum Gasteiger partial charge on any atom is 0.216 e. The quantitative estimate of drug-likeness (QED) is 0.451. The Morgan fingerprint density at radius 2 is 2.00 bits per heavy atom. The Balaban J connectivity index is 1.94. The molecule has 0 saturated carbocycles. The molecule has 0 radical (unpaired) electrons. The highest BCUT2D eigenvalue weighted by atomic mass is 32.2.